The highest BCUT2D eigenvalue weighted by Gasteiger charge is 2.25. The Bertz CT molecular complexity index is 241. The summed E-state index contributed by atoms with van der Waals surface area (Å²) in [6, 6.07) is -1.47. The van der Waals surface area contributed by atoms with Gasteiger partial charge in [0.25, 0.3) is 0 Å². The number of unbranched alkanes of at least 4 members (excludes halogenated alkanes) is 1. The first-order valence-electron chi connectivity index (χ1n) is 5.68. The molecule has 0 aromatic carbocycles. The number of hydrogen-bond donors (Lipinski definition) is 3. The van der Waals surface area contributed by atoms with Crippen molar-refractivity contribution in [2.24, 2.45) is 11.7 Å². The minimum atomic E-state index is -1.02. The SMILES string of the molecule is CCCC[C@H](N)C(=O)N[C@H](C(=O)O)C(C)C. The number of nitrogens with two attached hydrogens (primary N) is 1. The van der Waals surface area contributed by atoms with Gasteiger partial charge in [0, 0.05) is 0 Å². The van der Waals surface area contributed by atoms with Crippen LogP contribution in [0.1, 0.15) is 40.0 Å². The van der Waals surface area contributed by atoms with Crippen molar-refractivity contribution in [1.82, 2.24) is 5.32 Å². The molecule has 0 fully saturated rings. The maximum atomic E-state index is 11.6. The summed E-state index contributed by atoms with van der Waals surface area (Å²) in [6.45, 7) is 5.51. The zero-order valence-electron chi connectivity index (χ0n) is 10.2. The quantitative estimate of drug-likeness (QED) is 0.601. The fourth-order valence-corrected chi connectivity index (χ4v) is 1.33. The Balaban J connectivity index is 4.24. The lowest BCUT2D eigenvalue weighted by Crippen LogP contribution is -2.50. The lowest BCUT2D eigenvalue weighted by atomic mass is 10.0. The van der Waals surface area contributed by atoms with E-state index in [1.54, 1.807) is 13.8 Å². The summed E-state index contributed by atoms with van der Waals surface area (Å²) in [7, 11) is 0. The average molecular weight is 230 g/mol. The Labute approximate surface area is 96.4 Å². The average Bonchev–Trinajstić information content (AvgIpc) is 2.20. The van der Waals surface area contributed by atoms with Crippen LogP contribution in [0.5, 0.6) is 0 Å². The predicted octanol–water partition coefficient (Wildman–Crippen LogP) is 0.729. The zero-order chi connectivity index (χ0) is 12.7. The molecule has 0 heterocycles. The summed E-state index contributed by atoms with van der Waals surface area (Å²) in [5, 5.41) is 11.4. The zero-order valence-corrected chi connectivity index (χ0v) is 10.2. The molecule has 1 amide bonds. The van der Waals surface area contributed by atoms with Crippen LogP contribution >= 0.6 is 0 Å². The van der Waals surface area contributed by atoms with Crippen LogP contribution in [0.15, 0.2) is 0 Å². The van der Waals surface area contributed by atoms with E-state index in [-0.39, 0.29) is 11.8 Å². The molecule has 0 aliphatic rings. The third-order valence-electron chi connectivity index (χ3n) is 2.44. The minimum Gasteiger partial charge on any atom is -0.480 e. The number of aliphatic carboxylic acids is 1. The summed E-state index contributed by atoms with van der Waals surface area (Å²) in [4.78, 5) is 22.4. The van der Waals surface area contributed by atoms with Gasteiger partial charge in [-0.05, 0) is 12.3 Å². The van der Waals surface area contributed by atoms with Gasteiger partial charge in [0.2, 0.25) is 5.91 Å². The summed E-state index contributed by atoms with van der Waals surface area (Å²) in [6.07, 6.45) is 2.42. The number of carboxylic acids is 1. The molecule has 0 aliphatic carbocycles. The number of carboxylic acid groups (broad SMARTS) is 1. The molecular formula is C11H22N2O3. The van der Waals surface area contributed by atoms with Gasteiger partial charge in [-0.3, -0.25) is 4.79 Å². The first kappa shape index (κ1) is 14.9. The maximum absolute atomic E-state index is 11.6. The van der Waals surface area contributed by atoms with Crippen LogP contribution in [0.2, 0.25) is 0 Å². The Hall–Kier alpha value is -1.10. The van der Waals surface area contributed by atoms with Gasteiger partial charge in [-0.15, -0.1) is 0 Å². The number of nitrogens with one attached hydrogen (secondary N) is 1. The van der Waals surface area contributed by atoms with Crippen molar-refractivity contribution in [3.8, 4) is 0 Å². The van der Waals surface area contributed by atoms with Gasteiger partial charge in [-0.25, -0.2) is 4.79 Å². The highest BCUT2D eigenvalue weighted by molar-refractivity contribution is 5.86. The van der Waals surface area contributed by atoms with Crippen LogP contribution in [0.4, 0.5) is 0 Å². The van der Waals surface area contributed by atoms with Crippen LogP contribution in [0.25, 0.3) is 0 Å². The van der Waals surface area contributed by atoms with E-state index < -0.39 is 18.1 Å². The Morgan fingerprint density at radius 3 is 2.31 bits per heavy atom. The van der Waals surface area contributed by atoms with E-state index >= 15 is 0 Å². The van der Waals surface area contributed by atoms with E-state index in [1.165, 1.54) is 0 Å². The van der Waals surface area contributed by atoms with Crippen LogP contribution in [0.3, 0.4) is 0 Å². The van der Waals surface area contributed by atoms with Crippen LogP contribution in [-0.2, 0) is 9.59 Å². The third-order valence-corrected chi connectivity index (χ3v) is 2.44. The van der Waals surface area contributed by atoms with Crippen LogP contribution in [0, 0.1) is 5.92 Å². The molecule has 94 valence electrons. The van der Waals surface area contributed by atoms with Crippen molar-refractivity contribution in [3.05, 3.63) is 0 Å². The van der Waals surface area contributed by atoms with Gasteiger partial charge < -0.3 is 16.2 Å². The number of carbonyl (C=O) groups is 2. The maximum Gasteiger partial charge on any atom is 0.326 e. The molecule has 0 saturated heterocycles. The van der Waals surface area contributed by atoms with Crippen molar-refractivity contribution in [2.75, 3.05) is 0 Å². The largest absolute Gasteiger partial charge is 0.480 e. The third kappa shape index (κ3) is 5.11. The highest BCUT2D eigenvalue weighted by Crippen LogP contribution is 2.04. The molecular weight excluding hydrogens is 208 g/mol. The van der Waals surface area contributed by atoms with E-state index in [0.29, 0.717) is 6.42 Å². The van der Waals surface area contributed by atoms with E-state index in [4.69, 9.17) is 10.8 Å². The lowest BCUT2D eigenvalue weighted by molar-refractivity contribution is -0.143. The topological polar surface area (TPSA) is 92.4 Å². The van der Waals surface area contributed by atoms with Gasteiger partial charge in [-0.2, -0.15) is 0 Å². The molecule has 0 aromatic rings. The van der Waals surface area contributed by atoms with Crippen LogP contribution < -0.4 is 11.1 Å². The Morgan fingerprint density at radius 1 is 1.38 bits per heavy atom. The molecule has 0 saturated carbocycles. The van der Waals surface area contributed by atoms with Gasteiger partial charge in [0.15, 0.2) is 0 Å². The molecule has 0 rings (SSSR count). The smallest absolute Gasteiger partial charge is 0.326 e. The molecule has 0 bridgehead atoms. The molecule has 16 heavy (non-hydrogen) atoms. The molecule has 0 unspecified atom stereocenters. The van der Waals surface area contributed by atoms with E-state index in [2.05, 4.69) is 5.32 Å². The monoisotopic (exact) mass is 230 g/mol. The molecule has 5 heteroatoms. The van der Waals surface area contributed by atoms with Gasteiger partial charge >= 0.3 is 5.97 Å². The Morgan fingerprint density at radius 2 is 1.94 bits per heavy atom. The summed E-state index contributed by atoms with van der Waals surface area (Å²) < 4.78 is 0. The van der Waals surface area contributed by atoms with Crippen molar-refractivity contribution in [1.29, 1.82) is 0 Å². The van der Waals surface area contributed by atoms with E-state index in [9.17, 15) is 9.59 Å². The fraction of sp³-hybridized carbons (Fsp3) is 0.818. The minimum absolute atomic E-state index is 0.153. The second-order valence-corrected chi connectivity index (χ2v) is 4.32. The van der Waals surface area contributed by atoms with Crippen LogP contribution in [-0.4, -0.2) is 29.1 Å². The van der Waals surface area contributed by atoms with Crippen molar-refractivity contribution in [2.45, 2.75) is 52.1 Å². The molecule has 0 aliphatic heterocycles. The van der Waals surface area contributed by atoms with Gasteiger partial charge in [-0.1, -0.05) is 33.6 Å². The summed E-state index contributed by atoms with van der Waals surface area (Å²) in [5.74, 6) is -1.56. The Kier molecular flexibility index (Phi) is 6.72. The number of rotatable bonds is 7. The fourth-order valence-electron chi connectivity index (χ4n) is 1.33. The predicted molar refractivity (Wildman–Crippen MR) is 61.9 cm³/mol. The van der Waals surface area contributed by atoms with E-state index in [0.717, 1.165) is 12.8 Å². The van der Waals surface area contributed by atoms with Crippen molar-refractivity contribution >= 4 is 11.9 Å². The molecule has 5 nitrogen and oxygen atoms in total. The molecule has 0 aromatic heterocycles. The van der Waals surface area contributed by atoms with E-state index in [1.807, 2.05) is 6.92 Å². The summed E-state index contributed by atoms with van der Waals surface area (Å²) in [5.41, 5.74) is 5.65. The van der Waals surface area contributed by atoms with Crippen molar-refractivity contribution < 1.29 is 14.7 Å². The number of hydrogen-bond acceptors (Lipinski definition) is 3. The number of amides is 1. The van der Waals surface area contributed by atoms with Gasteiger partial charge in [0.05, 0.1) is 6.04 Å². The standard InChI is InChI=1S/C11H22N2O3/c1-4-5-6-8(12)10(14)13-9(7(2)3)11(15)16/h7-9H,4-6,12H2,1-3H3,(H,13,14)(H,15,16)/t8-,9-/m0/s1. The highest BCUT2D eigenvalue weighted by atomic mass is 16.4. The second-order valence-electron chi connectivity index (χ2n) is 4.32. The molecule has 2 atom stereocenters. The first-order chi connectivity index (χ1) is 7.40. The summed E-state index contributed by atoms with van der Waals surface area (Å²) >= 11 is 0. The van der Waals surface area contributed by atoms with Gasteiger partial charge in [0.1, 0.15) is 6.04 Å². The molecule has 0 spiro atoms. The lowest BCUT2D eigenvalue weighted by Gasteiger charge is -2.20. The molecule has 4 N–H and O–H groups in total. The first-order valence-corrected chi connectivity index (χ1v) is 5.68. The van der Waals surface area contributed by atoms with Crippen molar-refractivity contribution in [3.63, 3.8) is 0 Å². The number of carbonyl (C=O) groups excluding carboxylic acids is 1. The molecule has 0 radical (unpaired) electrons. The normalized spacial score (nSPS) is 14.6. The second kappa shape index (κ2) is 7.22.